The number of nitriles is 1. The van der Waals surface area contributed by atoms with E-state index in [-0.39, 0.29) is 17.1 Å². The summed E-state index contributed by atoms with van der Waals surface area (Å²) in [6.07, 6.45) is 4.15. The molecule has 1 amide bonds. The first-order valence-electron chi connectivity index (χ1n) is 10.9. The molecule has 3 aromatic rings. The molecule has 0 bridgehead atoms. The molecule has 0 saturated carbocycles. The van der Waals surface area contributed by atoms with E-state index in [1.54, 1.807) is 48.5 Å². The Morgan fingerprint density at radius 2 is 1.54 bits per heavy atom. The van der Waals surface area contributed by atoms with E-state index in [2.05, 4.69) is 0 Å². The number of hydrogen-bond acceptors (Lipinski definition) is 7. The van der Waals surface area contributed by atoms with Gasteiger partial charge in [-0.15, -0.1) is 0 Å². The van der Waals surface area contributed by atoms with Crippen LogP contribution < -0.4 is 24.7 Å². The van der Waals surface area contributed by atoms with Gasteiger partial charge in [0.25, 0.3) is 5.91 Å². The van der Waals surface area contributed by atoms with Crippen LogP contribution in [0.2, 0.25) is 5.02 Å². The van der Waals surface area contributed by atoms with Crippen LogP contribution in [0.1, 0.15) is 16.7 Å². The van der Waals surface area contributed by atoms with Crippen LogP contribution >= 0.6 is 11.6 Å². The highest BCUT2D eigenvalue weighted by Crippen LogP contribution is 2.31. The number of hydrogen-bond donors (Lipinski definition) is 1. The second kappa shape index (κ2) is 12.8. The Kier molecular flexibility index (Phi) is 9.30. The van der Waals surface area contributed by atoms with Gasteiger partial charge in [0.05, 0.1) is 14.2 Å². The number of esters is 1. The number of nitrogens with zero attached hydrogens (tertiary/aromatic N) is 1. The number of benzene rings is 3. The lowest BCUT2D eigenvalue weighted by molar-refractivity contribution is -0.129. The minimum Gasteiger partial charge on any atom is -0.493 e. The van der Waals surface area contributed by atoms with Crippen molar-refractivity contribution in [2.45, 2.75) is 6.61 Å². The monoisotopic (exact) mass is 518 g/mol. The van der Waals surface area contributed by atoms with Crippen molar-refractivity contribution in [1.29, 1.82) is 5.26 Å². The molecule has 0 atom stereocenters. The number of amides is 1. The third kappa shape index (κ3) is 7.62. The van der Waals surface area contributed by atoms with Gasteiger partial charge >= 0.3 is 5.97 Å². The minimum atomic E-state index is -0.847. The lowest BCUT2D eigenvalue weighted by Gasteiger charge is -2.11. The Morgan fingerprint density at radius 3 is 2.19 bits per heavy atom. The number of carbonyl (C=O) groups is 2. The molecule has 8 nitrogen and oxygen atoms in total. The van der Waals surface area contributed by atoms with Crippen molar-refractivity contribution in [3.63, 3.8) is 0 Å². The molecule has 3 aromatic carbocycles. The van der Waals surface area contributed by atoms with Crippen molar-refractivity contribution in [3.05, 3.63) is 94.0 Å². The maximum absolute atomic E-state index is 12.4. The van der Waals surface area contributed by atoms with Gasteiger partial charge in [0, 0.05) is 11.1 Å². The number of carbonyl (C=O) groups excluding carboxylic acids is 2. The first-order chi connectivity index (χ1) is 17.8. The molecule has 0 spiro atoms. The van der Waals surface area contributed by atoms with Gasteiger partial charge in [-0.2, -0.15) is 5.26 Å². The molecule has 2 N–H and O–H groups in total. The number of methoxy groups -OCH3 is 2. The van der Waals surface area contributed by atoms with Crippen LogP contribution in [0.5, 0.6) is 23.0 Å². The largest absolute Gasteiger partial charge is 0.493 e. The van der Waals surface area contributed by atoms with E-state index in [1.807, 2.05) is 12.1 Å². The van der Waals surface area contributed by atoms with E-state index >= 15 is 0 Å². The molecule has 0 radical (unpaired) electrons. The summed E-state index contributed by atoms with van der Waals surface area (Å²) >= 11 is 5.91. The summed E-state index contributed by atoms with van der Waals surface area (Å²) in [5, 5.41) is 9.65. The van der Waals surface area contributed by atoms with Gasteiger partial charge in [0.2, 0.25) is 0 Å². The third-order valence-electron chi connectivity index (χ3n) is 5.00. The van der Waals surface area contributed by atoms with Gasteiger partial charge in [0.15, 0.2) is 23.0 Å². The Bertz CT molecular complexity index is 1390. The van der Waals surface area contributed by atoms with Crippen molar-refractivity contribution in [1.82, 2.24) is 0 Å². The second-order valence-electron chi connectivity index (χ2n) is 7.52. The summed E-state index contributed by atoms with van der Waals surface area (Å²) in [6.45, 7) is 0.339. The van der Waals surface area contributed by atoms with Gasteiger partial charge in [0.1, 0.15) is 18.2 Å². The molecule has 0 heterocycles. The van der Waals surface area contributed by atoms with E-state index in [9.17, 15) is 9.59 Å². The highest BCUT2D eigenvalue weighted by molar-refractivity contribution is 6.30. The zero-order valence-corrected chi connectivity index (χ0v) is 20.8. The van der Waals surface area contributed by atoms with Crippen LogP contribution in [0, 0.1) is 11.3 Å². The molecular weight excluding hydrogens is 496 g/mol. The summed E-state index contributed by atoms with van der Waals surface area (Å²) in [6, 6.07) is 18.9. The fourth-order valence-electron chi connectivity index (χ4n) is 3.14. The summed E-state index contributed by atoms with van der Waals surface area (Å²) < 4.78 is 21.9. The second-order valence-corrected chi connectivity index (χ2v) is 7.96. The Hall–Kier alpha value is -4.74. The van der Waals surface area contributed by atoms with Crippen molar-refractivity contribution < 1.29 is 28.5 Å². The van der Waals surface area contributed by atoms with Gasteiger partial charge in [-0.25, -0.2) is 4.79 Å². The molecule has 0 unspecified atom stereocenters. The zero-order chi connectivity index (χ0) is 26.8. The highest BCUT2D eigenvalue weighted by atomic mass is 35.5. The SMILES string of the molecule is COc1cc(/C=C/C(=O)Oc2ccc(/C=C(\C#N)C(N)=O)cc2OC)ccc1OCc1ccc(Cl)cc1. The van der Waals surface area contributed by atoms with Gasteiger partial charge < -0.3 is 24.7 Å². The first kappa shape index (κ1) is 26.9. The number of primary amides is 1. The maximum atomic E-state index is 12.4. The fourth-order valence-corrected chi connectivity index (χ4v) is 3.26. The third-order valence-corrected chi connectivity index (χ3v) is 5.25. The Morgan fingerprint density at radius 1 is 0.919 bits per heavy atom. The molecule has 188 valence electrons. The number of rotatable bonds is 10. The molecular formula is C28H23ClN2O6. The normalized spacial score (nSPS) is 11.0. The van der Waals surface area contributed by atoms with Crippen molar-refractivity contribution in [3.8, 4) is 29.1 Å². The van der Waals surface area contributed by atoms with Gasteiger partial charge in [-0.1, -0.05) is 35.9 Å². The maximum Gasteiger partial charge on any atom is 0.336 e. The molecule has 0 aliphatic heterocycles. The van der Waals surface area contributed by atoms with Crippen molar-refractivity contribution in [2.24, 2.45) is 5.73 Å². The van der Waals surface area contributed by atoms with Crippen LogP contribution in [0.4, 0.5) is 0 Å². The summed E-state index contributed by atoms with van der Waals surface area (Å²) in [7, 11) is 2.93. The van der Waals surface area contributed by atoms with Crippen molar-refractivity contribution in [2.75, 3.05) is 14.2 Å². The van der Waals surface area contributed by atoms with E-state index in [4.69, 9.17) is 41.5 Å². The predicted octanol–water partition coefficient (Wildman–Crippen LogP) is 4.95. The number of halogens is 1. The van der Waals surface area contributed by atoms with E-state index < -0.39 is 11.9 Å². The van der Waals surface area contributed by atoms with Gasteiger partial charge in [-0.05, 0) is 65.2 Å². The average molecular weight is 519 g/mol. The predicted molar refractivity (Wildman–Crippen MR) is 139 cm³/mol. The molecule has 3 rings (SSSR count). The van der Waals surface area contributed by atoms with Crippen LogP contribution in [0.3, 0.4) is 0 Å². The summed E-state index contributed by atoms with van der Waals surface area (Å²) in [5.41, 5.74) is 7.06. The van der Waals surface area contributed by atoms with Crippen LogP contribution in [0.15, 0.2) is 72.3 Å². The molecule has 9 heteroatoms. The molecule has 0 fully saturated rings. The van der Waals surface area contributed by atoms with Crippen molar-refractivity contribution >= 4 is 35.6 Å². The molecule has 0 aromatic heterocycles. The zero-order valence-electron chi connectivity index (χ0n) is 20.1. The number of ether oxygens (including phenoxy) is 4. The molecule has 37 heavy (non-hydrogen) atoms. The molecule has 0 saturated heterocycles. The van der Waals surface area contributed by atoms with E-state index in [1.165, 1.54) is 38.5 Å². The van der Waals surface area contributed by atoms with Crippen LogP contribution in [-0.2, 0) is 16.2 Å². The van der Waals surface area contributed by atoms with E-state index in [0.717, 1.165) is 5.56 Å². The average Bonchev–Trinajstić information content (AvgIpc) is 2.90. The van der Waals surface area contributed by atoms with Gasteiger partial charge in [-0.3, -0.25) is 4.79 Å². The van der Waals surface area contributed by atoms with Crippen LogP contribution in [-0.4, -0.2) is 26.1 Å². The molecule has 0 aliphatic carbocycles. The van der Waals surface area contributed by atoms with Crippen LogP contribution in [0.25, 0.3) is 12.2 Å². The smallest absolute Gasteiger partial charge is 0.336 e. The van der Waals surface area contributed by atoms with E-state index in [0.29, 0.717) is 34.3 Å². The quantitative estimate of drug-likeness (QED) is 0.174. The fraction of sp³-hybridized carbons (Fsp3) is 0.107. The number of nitrogens with two attached hydrogens (primary N) is 1. The Labute approximate surface area is 219 Å². The first-order valence-corrected chi connectivity index (χ1v) is 11.3. The lowest BCUT2D eigenvalue weighted by Crippen LogP contribution is -2.12. The summed E-state index contributed by atoms with van der Waals surface area (Å²) in [4.78, 5) is 23.7. The Balaban J connectivity index is 1.68. The standard InChI is InChI=1S/C28H23ClN2O6/c1-34-25-14-18(5-10-23(25)36-17-19-3-8-22(29)9-4-19)7-12-27(32)37-24-11-6-20(15-26(24)35-2)13-21(16-30)28(31)33/h3-15H,17H2,1-2H3,(H2,31,33)/b12-7+,21-13+. The topological polar surface area (TPSA) is 121 Å². The lowest BCUT2D eigenvalue weighted by atomic mass is 10.1. The highest BCUT2D eigenvalue weighted by Gasteiger charge is 2.11. The minimum absolute atomic E-state index is 0.162. The summed E-state index contributed by atoms with van der Waals surface area (Å²) in [5.74, 6) is -0.0377. The molecule has 0 aliphatic rings.